The molecule has 0 aromatic heterocycles. The maximum absolute atomic E-state index is 11.7. The zero-order valence-corrected chi connectivity index (χ0v) is 11.3. The summed E-state index contributed by atoms with van der Waals surface area (Å²) in [5.41, 5.74) is -0.736. The lowest BCUT2D eigenvalue weighted by atomic mass is 9.97. The van der Waals surface area contributed by atoms with Crippen LogP contribution in [0.3, 0.4) is 0 Å². The van der Waals surface area contributed by atoms with E-state index in [0.717, 1.165) is 0 Å². The van der Waals surface area contributed by atoms with Gasteiger partial charge in [-0.05, 0) is 26.7 Å². The molecule has 0 fully saturated rings. The second kappa shape index (κ2) is 6.93. The van der Waals surface area contributed by atoms with Crippen LogP contribution in [0.25, 0.3) is 0 Å². The van der Waals surface area contributed by atoms with Gasteiger partial charge < -0.3 is 9.84 Å². The molecule has 0 aliphatic heterocycles. The molecule has 0 amide bonds. The molecular weight excluding hydrogens is 246 g/mol. The highest BCUT2D eigenvalue weighted by atomic mass is 32.2. The maximum atomic E-state index is 11.7. The molecule has 102 valence electrons. The van der Waals surface area contributed by atoms with Crippen LogP contribution in [-0.4, -0.2) is 44.0 Å². The van der Waals surface area contributed by atoms with E-state index in [1.165, 1.54) is 0 Å². The number of ether oxygens (including phenoxy) is 1. The second-order valence-corrected chi connectivity index (χ2v) is 5.78. The van der Waals surface area contributed by atoms with Gasteiger partial charge in [0.15, 0.2) is 5.75 Å². The van der Waals surface area contributed by atoms with E-state index in [2.05, 4.69) is 9.46 Å². The number of aliphatic hydroxyl groups is 1. The van der Waals surface area contributed by atoms with Gasteiger partial charge in [-0.2, -0.15) is 0 Å². The van der Waals surface area contributed by atoms with Crippen LogP contribution < -0.4 is 4.72 Å². The Labute approximate surface area is 102 Å². The normalized spacial score (nSPS) is 15.3. The summed E-state index contributed by atoms with van der Waals surface area (Å²) in [5, 5.41) is 8.87. The van der Waals surface area contributed by atoms with Crippen molar-refractivity contribution in [3.63, 3.8) is 0 Å². The summed E-state index contributed by atoms with van der Waals surface area (Å²) < 4.78 is 30.3. The second-order valence-electron chi connectivity index (χ2n) is 4.05. The molecule has 17 heavy (non-hydrogen) atoms. The first kappa shape index (κ1) is 16.3. The van der Waals surface area contributed by atoms with Crippen molar-refractivity contribution in [3.8, 4) is 0 Å². The van der Waals surface area contributed by atoms with Gasteiger partial charge in [0.1, 0.15) is 0 Å². The minimum absolute atomic E-state index is 0.119. The molecule has 6 nitrogen and oxygen atoms in total. The fourth-order valence-corrected chi connectivity index (χ4v) is 2.78. The lowest BCUT2D eigenvalue weighted by Crippen LogP contribution is -2.48. The minimum atomic E-state index is -3.73. The summed E-state index contributed by atoms with van der Waals surface area (Å²) in [4.78, 5) is 11.1. The van der Waals surface area contributed by atoms with Crippen LogP contribution in [0.1, 0.15) is 33.6 Å². The molecule has 7 heteroatoms. The first-order valence-corrected chi connectivity index (χ1v) is 7.22. The molecule has 1 unspecified atom stereocenters. The summed E-state index contributed by atoms with van der Waals surface area (Å²) in [7, 11) is -3.73. The number of carbonyl (C=O) groups excluding carboxylic acids is 1. The first-order chi connectivity index (χ1) is 7.78. The quantitative estimate of drug-likeness (QED) is 0.605. The summed E-state index contributed by atoms with van der Waals surface area (Å²) in [5.74, 6) is -1.47. The molecule has 0 saturated heterocycles. The summed E-state index contributed by atoms with van der Waals surface area (Å²) in [6.07, 6.45) is 0.821. The number of carbonyl (C=O) groups is 1. The van der Waals surface area contributed by atoms with E-state index in [0.29, 0.717) is 12.8 Å². The van der Waals surface area contributed by atoms with Crippen molar-refractivity contribution < 1.29 is 23.1 Å². The van der Waals surface area contributed by atoms with Gasteiger partial charge in [-0.15, -0.1) is 0 Å². The average Bonchev–Trinajstić information content (AvgIpc) is 2.16. The van der Waals surface area contributed by atoms with Crippen LogP contribution in [-0.2, 0) is 19.6 Å². The number of esters is 1. The summed E-state index contributed by atoms with van der Waals surface area (Å²) >= 11 is 0. The van der Waals surface area contributed by atoms with E-state index >= 15 is 0 Å². The highest BCUT2D eigenvalue weighted by Crippen LogP contribution is 2.15. The Morgan fingerprint density at radius 1 is 1.41 bits per heavy atom. The summed E-state index contributed by atoms with van der Waals surface area (Å²) in [6.45, 7) is 5.14. The topological polar surface area (TPSA) is 92.7 Å². The summed E-state index contributed by atoms with van der Waals surface area (Å²) in [6, 6.07) is 0. The first-order valence-electron chi connectivity index (χ1n) is 5.56. The third-order valence-electron chi connectivity index (χ3n) is 2.46. The molecule has 0 rings (SSSR count). The van der Waals surface area contributed by atoms with E-state index in [1.54, 1.807) is 13.8 Å². The third kappa shape index (κ3) is 6.60. The lowest BCUT2D eigenvalue weighted by Gasteiger charge is -2.28. The molecule has 0 spiro atoms. The van der Waals surface area contributed by atoms with Crippen molar-refractivity contribution in [2.24, 2.45) is 0 Å². The van der Waals surface area contributed by atoms with Crippen molar-refractivity contribution >= 4 is 16.0 Å². The van der Waals surface area contributed by atoms with E-state index in [1.807, 2.05) is 6.92 Å². The largest absolute Gasteiger partial charge is 0.465 e. The number of aliphatic hydroxyl groups excluding tert-OH is 1. The van der Waals surface area contributed by atoms with Crippen molar-refractivity contribution in [1.82, 2.24) is 4.72 Å². The monoisotopic (exact) mass is 267 g/mol. The zero-order valence-electron chi connectivity index (χ0n) is 10.5. The maximum Gasteiger partial charge on any atom is 0.322 e. The third-order valence-corrected chi connectivity index (χ3v) is 3.88. The predicted octanol–water partition coefficient (Wildman–Crippen LogP) is 0.0200. The molecule has 0 aromatic carbocycles. The molecule has 0 aromatic rings. The standard InChI is InChI=1S/C10H21NO5S/c1-4-10(3,6-7-12)11-17(14,15)8-9(13)16-5-2/h11-12H,4-8H2,1-3H3. The van der Waals surface area contributed by atoms with Crippen LogP contribution in [0.2, 0.25) is 0 Å². The molecule has 1 atom stereocenters. The number of hydrogen-bond donors (Lipinski definition) is 2. The molecule has 0 aliphatic carbocycles. The van der Waals surface area contributed by atoms with Gasteiger partial charge in [-0.3, -0.25) is 4.79 Å². The number of nitrogens with one attached hydrogen (secondary N) is 1. The van der Waals surface area contributed by atoms with Crippen LogP contribution in [0.15, 0.2) is 0 Å². The number of sulfonamides is 1. The minimum Gasteiger partial charge on any atom is -0.465 e. The predicted molar refractivity (Wildman–Crippen MR) is 64.0 cm³/mol. The number of rotatable bonds is 8. The molecule has 0 heterocycles. The average molecular weight is 267 g/mol. The van der Waals surface area contributed by atoms with Gasteiger partial charge in [-0.1, -0.05) is 6.92 Å². The van der Waals surface area contributed by atoms with E-state index < -0.39 is 27.3 Å². The molecule has 0 radical (unpaired) electrons. The fourth-order valence-electron chi connectivity index (χ4n) is 1.32. The molecule has 2 N–H and O–H groups in total. The fraction of sp³-hybridized carbons (Fsp3) is 0.900. The van der Waals surface area contributed by atoms with Crippen molar-refractivity contribution in [2.45, 2.75) is 39.2 Å². The van der Waals surface area contributed by atoms with Crippen LogP contribution in [0, 0.1) is 0 Å². The smallest absolute Gasteiger partial charge is 0.322 e. The van der Waals surface area contributed by atoms with Crippen LogP contribution >= 0.6 is 0 Å². The van der Waals surface area contributed by atoms with E-state index in [-0.39, 0.29) is 13.2 Å². The SMILES string of the molecule is CCOC(=O)CS(=O)(=O)NC(C)(CC)CCO. The van der Waals surface area contributed by atoms with Crippen molar-refractivity contribution in [3.05, 3.63) is 0 Å². The van der Waals surface area contributed by atoms with Gasteiger partial charge in [0.25, 0.3) is 0 Å². The van der Waals surface area contributed by atoms with Gasteiger partial charge in [0.05, 0.1) is 6.61 Å². The van der Waals surface area contributed by atoms with Crippen molar-refractivity contribution in [2.75, 3.05) is 19.0 Å². The Balaban J connectivity index is 4.57. The Bertz CT molecular complexity index is 341. The Morgan fingerprint density at radius 3 is 2.41 bits per heavy atom. The lowest BCUT2D eigenvalue weighted by molar-refractivity contribution is -0.139. The van der Waals surface area contributed by atoms with Crippen molar-refractivity contribution in [1.29, 1.82) is 0 Å². The van der Waals surface area contributed by atoms with Gasteiger partial charge in [-0.25, -0.2) is 13.1 Å². The van der Waals surface area contributed by atoms with Gasteiger partial charge in [0, 0.05) is 12.1 Å². The van der Waals surface area contributed by atoms with E-state index in [4.69, 9.17) is 5.11 Å². The van der Waals surface area contributed by atoms with Gasteiger partial charge in [0.2, 0.25) is 10.0 Å². The van der Waals surface area contributed by atoms with Gasteiger partial charge >= 0.3 is 5.97 Å². The Morgan fingerprint density at radius 2 is 2.00 bits per heavy atom. The Hall–Kier alpha value is -0.660. The molecule has 0 aliphatic rings. The highest BCUT2D eigenvalue weighted by molar-refractivity contribution is 7.90. The molecule has 0 bridgehead atoms. The zero-order chi connectivity index (χ0) is 13.5. The number of hydrogen-bond acceptors (Lipinski definition) is 5. The van der Waals surface area contributed by atoms with Crippen LogP contribution in [0.4, 0.5) is 0 Å². The Kier molecular flexibility index (Phi) is 6.66. The van der Waals surface area contributed by atoms with E-state index in [9.17, 15) is 13.2 Å². The van der Waals surface area contributed by atoms with Crippen LogP contribution in [0.5, 0.6) is 0 Å². The molecular formula is C10H21NO5S. The molecule has 0 saturated carbocycles. The highest BCUT2D eigenvalue weighted by Gasteiger charge is 2.29.